The van der Waals surface area contributed by atoms with Crippen LogP contribution in [0.1, 0.15) is 49.0 Å². The van der Waals surface area contributed by atoms with Gasteiger partial charge in [0, 0.05) is 17.9 Å². The summed E-state index contributed by atoms with van der Waals surface area (Å²) in [6.45, 7) is 10.6. The van der Waals surface area contributed by atoms with E-state index in [0.29, 0.717) is 0 Å². The third kappa shape index (κ3) is 4.00. The second-order valence-corrected chi connectivity index (χ2v) is 5.04. The second-order valence-electron chi connectivity index (χ2n) is 4.39. The van der Waals surface area contributed by atoms with Gasteiger partial charge in [-0.05, 0) is 27.2 Å². The number of unbranched alkanes of at least 4 members (excludes halogenated alkanes) is 1. The number of aromatic nitrogens is 2. The van der Waals surface area contributed by atoms with Gasteiger partial charge in [-0.2, -0.15) is 5.10 Å². The van der Waals surface area contributed by atoms with Gasteiger partial charge in [-0.15, -0.1) is 11.6 Å². The lowest BCUT2D eigenvalue weighted by Crippen LogP contribution is -2.10. The highest BCUT2D eigenvalue weighted by molar-refractivity contribution is 6.20. The number of hydrogen-bond donors (Lipinski definition) is 0. The fourth-order valence-corrected chi connectivity index (χ4v) is 2.32. The summed E-state index contributed by atoms with van der Waals surface area (Å²) in [7, 11) is 0. The highest BCUT2D eigenvalue weighted by Crippen LogP contribution is 2.25. The number of aryl methyl sites for hydroxylation is 1. The minimum Gasteiger partial charge on any atom is -0.380 e. The molecule has 1 unspecified atom stereocenters. The maximum Gasteiger partial charge on any atom is 0.0662 e. The van der Waals surface area contributed by atoms with Crippen LogP contribution in [0.4, 0.5) is 0 Å². The molecule has 1 aromatic rings. The van der Waals surface area contributed by atoms with Crippen LogP contribution >= 0.6 is 11.6 Å². The van der Waals surface area contributed by atoms with Crippen LogP contribution in [0.3, 0.4) is 0 Å². The first-order valence-electron chi connectivity index (χ1n) is 6.33. The number of ether oxygens (including phenoxy) is 1. The van der Waals surface area contributed by atoms with Gasteiger partial charge in [0.15, 0.2) is 0 Å². The summed E-state index contributed by atoms with van der Waals surface area (Å²) in [5.74, 6) is 0. The smallest absolute Gasteiger partial charge is 0.0662 e. The molecule has 0 spiro atoms. The van der Waals surface area contributed by atoms with Crippen LogP contribution in [0, 0.1) is 13.8 Å². The Morgan fingerprint density at radius 2 is 2.06 bits per heavy atom. The van der Waals surface area contributed by atoms with Gasteiger partial charge in [0.05, 0.1) is 24.2 Å². The summed E-state index contributed by atoms with van der Waals surface area (Å²) in [6.07, 6.45) is 2.30. The average molecular weight is 259 g/mol. The Bertz CT molecular complexity index is 347. The summed E-state index contributed by atoms with van der Waals surface area (Å²) in [6, 6.07) is 0. The normalized spacial score (nSPS) is 13.0. The lowest BCUT2D eigenvalue weighted by Gasteiger charge is -2.07. The Morgan fingerprint density at radius 1 is 1.35 bits per heavy atom. The summed E-state index contributed by atoms with van der Waals surface area (Å²) >= 11 is 6.15. The van der Waals surface area contributed by atoms with Crippen molar-refractivity contribution in [1.29, 1.82) is 0 Å². The Labute approximate surface area is 109 Å². The number of rotatable bonds is 7. The van der Waals surface area contributed by atoms with E-state index >= 15 is 0 Å². The van der Waals surface area contributed by atoms with Crippen molar-refractivity contribution in [2.24, 2.45) is 0 Å². The number of nitrogens with zero attached hydrogens (tertiary/aromatic N) is 2. The molecular weight excluding hydrogens is 236 g/mol. The van der Waals surface area contributed by atoms with Crippen molar-refractivity contribution in [3.8, 4) is 0 Å². The van der Waals surface area contributed by atoms with Gasteiger partial charge in [-0.1, -0.05) is 13.3 Å². The van der Waals surface area contributed by atoms with Crippen molar-refractivity contribution >= 4 is 11.6 Å². The Morgan fingerprint density at radius 3 is 2.59 bits per heavy atom. The summed E-state index contributed by atoms with van der Waals surface area (Å²) < 4.78 is 7.54. The molecule has 1 heterocycles. The Hall–Kier alpha value is -0.540. The molecule has 0 saturated carbocycles. The van der Waals surface area contributed by atoms with Crippen molar-refractivity contribution in [1.82, 2.24) is 9.78 Å². The molecule has 0 amide bonds. The van der Waals surface area contributed by atoms with Crippen LogP contribution < -0.4 is 0 Å². The highest BCUT2D eigenvalue weighted by atomic mass is 35.5. The van der Waals surface area contributed by atoms with E-state index in [-0.39, 0.29) is 5.38 Å². The van der Waals surface area contributed by atoms with Crippen LogP contribution in [-0.2, 0) is 11.3 Å². The number of hydrogen-bond acceptors (Lipinski definition) is 2. The number of alkyl halides is 1. The van der Waals surface area contributed by atoms with Gasteiger partial charge >= 0.3 is 0 Å². The van der Waals surface area contributed by atoms with Gasteiger partial charge < -0.3 is 4.74 Å². The fourth-order valence-electron chi connectivity index (χ4n) is 2.00. The first kappa shape index (κ1) is 14.5. The zero-order chi connectivity index (χ0) is 12.8. The highest BCUT2D eigenvalue weighted by Gasteiger charge is 2.15. The second kappa shape index (κ2) is 7.02. The van der Waals surface area contributed by atoms with Crippen molar-refractivity contribution < 1.29 is 4.74 Å². The molecule has 17 heavy (non-hydrogen) atoms. The summed E-state index contributed by atoms with van der Waals surface area (Å²) in [4.78, 5) is 0. The Kier molecular flexibility index (Phi) is 6.00. The molecule has 0 N–H and O–H groups in total. The average Bonchev–Trinajstić information content (AvgIpc) is 2.53. The zero-order valence-corrected chi connectivity index (χ0v) is 12.0. The van der Waals surface area contributed by atoms with E-state index in [1.54, 1.807) is 0 Å². The SMILES string of the molecule is CCCCOCCn1nc(C)c(C(C)Cl)c1C. The van der Waals surface area contributed by atoms with Gasteiger partial charge in [0.25, 0.3) is 0 Å². The van der Waals surface area contributed by atoms with Gasteiger partial charge in [-0.3, -0.25) is 4.68 Å². The van der Waals surface area contributed by atoms with Gasteiger partial charge in [0.2, 0.25) is 0 Å². The molecule has 0 aliphatic carbocycles. The van der Waals surface area contributed by atoms with Gasteiger partial charge in [-0.25, -0.2) is 0 Å². The number of halogens is 1. The largest absolute Gasteiger partial charge is 0.380 e. The molecule has 0 saturated heterocycles. The van der Waals surface area contributed by atoms with Crippen LogP contribution in [0.25, 0.3) is 0 Å². The lowest BCUT2D eigenvalue weighted by molar-refractivity contribution is 0.120. The van der Waals surface area contributed by atoms with Crippen LogP contribution in [0.5, 0.6) is 0 Å². The van der Waals surface area contributed by atoms with Crippen LogP contribution in [-0.4, -0.2) is 23.0 Å². The van der Waals surface area contributed by atoms with E-state index in [1.807, 2.05) is 18.5 Å². The van der Waals surface area contributed by atoms with Gasteiger partial charge in [0.1, 0.15) is 0 Å². The predicted molar refractivity (Wildman–Crippen MR) is 71.7 cm³/mol. The first-order valence-corrected chi connectivity index (χ1v) is 6.77. The monoisotopic (exact) mass is 258 g/mol. The molecule has 0 bridgehead atoms. The lowest BCUT2D eigenvalue weighted by atomic mass is 10.1. The van der Waals surface area contributed by atoms with E-state index in [1.165, 1.54) is 6.42 Å². The standard InChI is InChI=1S/C13H23ClN2O/c1-5-6-8-17-9-7-16-12(4)13(10(2)14)11(3)15-16/h10H,5-9H2,1-4H3. The molecular formula is C13H23ClN2O. The maximum absolute atomic E-state index is 6.15. The van der Waals surface area contributed by atoms with Crippen molar-refractivity contribution in [2.45, 2.75) is 52.5 Å². The summed E-state index contributed by atoms with van der Waals surface area (Å²) in [5.41, 5.74) is 3.34. The van der Waals surface area contributed by atoms with Crippen LogP contribution in [0.15, 0.2) is 0 Å². The third-order valence-electron chi connectivity index (χ3n) is 2.92. The van der Waals surface area contributed by atoms with E-state index in [4.69, 9.17) is 16.3 Å². The predicted octanol–water partition coefficient (Wildman–Crippen LogP) is 3.62. The quantitative estimate of drug-likeness (QED) is 0.552. The molecule has 0 aliphatic rings. The maximum atomic E-state index is 6.15. The fraction of sp³-hybridized carbons (Fsp3) is 0.769. The van der Waals surface area contributed by atoms with Crippen molar-refractivity contribution in [3.63, 3.8) is 0 Å². The summed E-state index contributed by atoms with van der Waals surface area (Å²) in [5, 5.41) is 4.52. The topological polar surface area (TPSA) is 27.1 Å². The van der Waals surface area contributed by atoms with E-state index in [2.05, 4.69) is 18.9 Å². The van der Waals surface area contributed by atoms with Crippen molar-refractivity contribution in [2.75, 3.05) is 13.2 Å². The van der Waals surface area contributed by atoms with E-state index in [0.717, 1.165) is 43.1 Å². The van der Waals surface area contributed by atoms with Crippen LogP contribution in [0.2, 0.25) is 0 Å². The molecule has 0 radical (unpaired) electrons. The molecule has 1 aromatic heterocycles. The van der Waals surface area contributed by atoms with E-state index < -0.39 is 0 Å². The molecule has 0 fully saturated rings. The van der Waals surface area contributed by atoms with Crippen molar-refractivity contribution in [3.05, 3.63) is 17.0 Å². The molecule has 0 aliphatic heterocycles. The van der Waals surface area contributed by atoms with E-state index in [9.17, 15) is 0 Å². The Balaban J connectivity index is 2.52. The molecule has 0 aromatic carbocycles. The first-order chi connectivity index (χ1) is 8.07. The molecule has 1 atom stereocenters. The molecule has 3 nitrogen and oxygen atoms in total. The molecule has 4 heteroatoms. The molecule has 98 valence electrons. The minimum absolute atomic E-state index is 0.0183. The zero-order valence-electron chi connectivity index (χ0n) is 11.3. The third-order valence-corrected chi connectivity index (χ3v) is 3.14. The molecule has 1 rings (SSSR count). The minimum atomic E-state index is 0.0183.